The first-order valence-electron chi connectivity index (χ1n) is 4.56. The van der Waals surface area contributed by atoms with Crippen LogP contribution in [-0.2, 0) is 4.74 Å². The highest BCUT2D eigenvalue weighted by atomic mass is 19.1. The summed E-state index contributed by atoms with van der Waals surface area (Å²) in [7, 11) is 0. The largest absolute Gasteiger partial charge is 0.459 e. The summed E-state index contributed by atoms with van der Waals surface area (Å²) in [6.07, 6.45) is -0.373. The van der Waals surface area contributed by atoms with Crippen LogP contribution in [-0.4, -0.2) is 17.0 Å². The van der Waals surface area contributed by atoms with Gasteiger partial charge in [0.25, 0.3) is 5.69 Å². The van der Waals surface area contributed by atoms with Crippen molar-refractivity contribution >= 4 is 11.7 Å². The van der Waals surface area contributed by atoms with E-state index in [1.807, 2.05) is 0 Å². The number of esters is 1. The quantitative estimate of drug-likeness (QED) is 0.451. The fraction of sp³-hybridized carbons (Fsp3) is 0.300. The third kappa shape index (κ3) is 2.75. The number of nitro benzene ring substituents is 1. The SMILES string of the molecule is CC(C)OC(=O)c1ccc([N+](=O)[O-])cc1F. The van der Waals surface area contributed by atoms with Gasteiger partial charge in [-0.05, 0) is 19.9 Å². The summed E-state index contributed by atoms with van der Waals surface area (Å²) in [5.74, 6) is -1.79. The van der Waals surface area contributed by atoms with Crippen molar-refractivity contribution < 1.29 is 18.8 Å². The molecule has 16 heavy (non-hydrogen) atoms. The number of carbonyl (C=O) groups is 1. The molecule has 0 saturated heterocycles. The van der Waals surface area contributed by atoms with Crippen LogP contribution in [0, 0.1) is 15.9 Å². The van der Waals surface area contributed by atoms with Gasteiger partial charge >= 0.3 is 5.97 Å². The highest BCUT2D eigenvalue weighted by Crippen LogP contribution is 2.17. The van der Waals surface area contributed by atoms with E-state index >= 15 is 0 Å². The third-order valence-corrected chi connectivity index (χ3v) is 1.73. The Bertz CT molecular complexity index is 431. The third-order valence-electron chi connectivity index (χ3n) is 1.73. The van der Waals surface area contributed by atoms with Gasteiger partial charge in [-0.15, -0.1) is 0 Å². The number of carbonyl (C=O) groups excluding carboxylic acids is 1. The number of nitro groups is 1. The van der Waals surface area contributed by atoms with E-state index in [0.717, 1.165) is 12.1 Å². The highest BCUT2D eigenvalue weighted by molar-refractivity contribution is 5.90. The molecule has 0 saturated carbocycles. The molecule has 0 fully saturated rings. The van der Waals surface area contributed by atoms with E-state index in [1.54, 1.807) is 13.8 Å². The Hall–Kier alpha value is -1.98. The number of ether oxygens (including phenoxy) is 1. The van der Waals surface area contributed by atoms with Crippen LogP contribution >= 0.6 is 0 Å². The molecule has 0 spiro atoms. The zero-order valence-electron chi connectivity index (χ0n) is 8.77. The van der Waals surface area contributed by atoms with Gasteiger partial charge in [-0.2, -0.15) is 0 Å². The normalized spacial score (nSPS) is 10.2. The van der Waals surface area contributed by atoms with Crippen LogP contribution in [0.25, 0.3) is 0 Å². The molecule has 86 valence electrons. The topological polar surface area (TPSA) is 69.4 Å². The van der Waals surface area contributed by atoms with Crippen molar-refractivity contribution in [3.63, 3.8) is 0 Å². The van der Waals surface area contributed by atoms with E-state index in [0.29, 0.717) is 6.07 Å². The van der Waals surface area contributed by atoms with Crippen LogP contribution in [0.4, 0.5) is 10.1 Å². The Morgan fingerprint density at radius 3 is 2.56 bits per heavy atom. The maximum absolute atomic E-state index is 13.3. The first-order valence-corrected chi connectivity index (χ1v) is 4.56. The zero-order chi connectivity index (χ0) is 12.3. The molecule has 0 aromatic heterocycles. The summed E-state index contributed by atoms with van der Waals surface area (Å²) in [6.45, 7) is 3.25. The average Bonchev–Trinajstić information content (AvgIpc) is 2.15. The van der Waals surface area contributed by atoms with E-state index < -0.39 is 22.4 Å². The van der Waals surface area contributed by atoms with Gasteiger partial charge in [0.05, 0.1) is 22.7 Å². The van der Waals surface area contributed by atoms with Crippen molar-refractivity contribution in [3.05, 3.63) is 39.7 Å². The van der Waals surface area contributed by atoms with E-state index in [-0.39, 0.29) is 11.7 Å². The van der Waals surface area contributed by atoms with Crippen LogP contribution in [0.15, 0.2) is 18.2 Å². The van der Waals surface area contributed by atoms with Crippen LogP contribution in [0.3, 0.4) is 0 Å². The Balaban J connectivity index is 2.99. The van der Waals surface area contributed by atoms with Crippen molar-refractivity contribution in [3.8, 4) is 0 Å². The number of hydrogen-bond acceptors (Lipinski definition) is 4. The number of non-ortho nitro benzene ring substituents is 1. The molecule has 0 heterocycles. The summed E-state index contributed by atoms with van der Waals surface area (Å²) in [4.78, 5) is 20.9. The second kappa shape index (κ2) is 4.69. The second-order valence-corrected chi connectivity index (χ2v) is 3.38. The average molecular weight is 227 g/mol. The predicted molar refractivity (Wildman–Crippen MR) is 53.6 cm³/mol. The predicted octanol–water partition coefficient (Wildman–Crippen LogP) is 2.30. The van der Waals surface area contributed by atoms with E-state index in [2.05, 4.69) is 0 Å². The molecule has 1 aromatic rings. The minimum Gasteiger partial charge on any atom is -0.459 e. The number of benzene rings is 1. The highest BCUT2D eigenvalue weighted by Gasteiger charge is 2.17. The molecular weight excluding hydrogens is 217 g/mol. The molecule has 0 amide bonds. The van der Waals surface area contributed by atoms with E-state index in [9.17, 15) is 19.3 Å². The van der Waals surface area contributed by atoms with Gasteiger partial charge < -0.3 is 4.74 Å². The Morgan fingerprint density at radius 1 is 1.50 bits per heavy atom. The number of rotatable bonds is 3. The Morgan fingerprint density at radius 2 is 2.12 bits per heavy atom. The zero-order valence-corrected chi connectivity index (χ0v) is 8.77. The van der Waals surface area contributed by atoms with E-state index in [1.165, 1.54) is 0 Å². The molecule has 1 rings (SSSR count). The summed E-state index contributed by atoms with van der Waals surface area (Å²) in [5, 5.41) is 10.3. The van der Waals surface area contributed by atoms with Gasteiger partial charge in [0, 0.05) is 6.07 Å². The monoisotopic (exact) mass is 227 g/mol. The first kappa shape index (κ1) is 12.1. The minimum atomic E-state index is -0.958. The van der Waals surface area contributed by atoms with Gasteiger partial charge in [0.15, 0.2) is 0 Å². The lowest BCUT2D eigenvalue weighted by Gasteiger charge is -2.07. The first-order chi connectivity index (χ1) is 7.41. The summed E-state index contributed by atoms with van der Waals surface area (Å²) in [5.41, 5.74) is -0.710. The Labute approximate surface area is 91.0 Å². The van der Waals surface area contributed by atoms with Gasteiger partial charge in [-0.1, -0.05) is 0 Å². The van der Waals surface area contributed by atoms with Crippen LogP contribution in [0.1, 0.15) is 24.2 Å². The van der Waals surface area contributed by atoms with Crippen molar-refractivity contribution in [2.24, 2.45) is 0 Å². The molecule has 0 unspecified atom stereocenters. The summed E-state index contributed by atoms with van der Waals surface area (Å²) < 4.78 is 18.1. The van der Waals surface area contributed by atoms with Crippen molar-refractivity contribution in [2.75, 3.05) is 0 Å². The summed E-state index contributed by atoms with van der Waals surface area (Å²) >= 11 is 0. The molecule has 6 heteroatoms. The lowest BCUT2D eigenvalue weighted by atomic mass is 10.2. The molecule has 0 atom stereocenters. The fourth-order valence-corrected chi connectivity index (χ4v) is 1.06. The molecule has 0 N–H and O–H groups in total. The number of hydrogen-bond donors (Lipinski definition) is 0. The van der Waals surface area contributed by atoms with Gasteiger partial charge in [-0.3, -0.25) is 10.1 Å². The maximum Gasteiger partial charge on any atom is 0.341 e. The molecule has 0 bridgehead atoms. The lowest BCUT2D eigenvalue weighted by Crippen LogP contribution is -2.13. The van der Waals surface area contributed by atoms with Crippen molar-refractivity contribution in [1.29, 1.82) is 0 Å². The van der Waals surface area contributed by atoms with Crippen LogP contribution in [0.5, 0.6) is 0 Å². The second-order valence-electron chi connectivity index (χ2n) is 3.38. The van der Waals surface area contributed by atoms with Crippen LogP contribution < -0.4 is 0 Å². The van der Waals surface area contributed by atoms with E-state index in [4.69, 9.17) is 4.74 Å². The molecule has 0 aliphatic carbocycles. The van der Waals surface area contributed by atoms with Gasteiger partial charge in [0.1, 0.15) is 5.82 Å². The number of halogens is 1. The molecule has 0 radical (unpaired) electrons. The summed E-state index contributed by atoms with van der Waals surface area (Å²) in [6, 6.07) is 2.79. The van der Waals surface area contributed by atoms with Crippen LogP contribution in [0.2, 0.25) is 0 Å². The van der Waals surface area contributed by atoms with Gasteiger partial charge in [-0.25, -0.2) is 9.18 Å². The number of nitrogens with zero attached hydrogens (tertiary/aromatic N) is 1. The fourth-order valence-electron chi connectivity index (χ4n) is 1.06. The molecule has 1 aromatic carbocycles. The lowest BCUT2D eigenvalue weighted by molar-refractivity contribution is -0.385. The molecule has 0 aliphatic rings. The Kier molecular flexibility index (Phi) is 3.55. The van der Waals surface area contributed by atoms with Crippen molar-refractivity contribution in [1.82, 2.24) is 0 Å². The maximum atomic E-state index is 13.3. The van der Waals surface area contributed by atoms with Gasteiger partial charge in [0.2, 0.25) is 0 Å². The standard InChI is InChI=1S/C10H10FNO4/c1-6(2)16-10(13)8-4-3-7(12(14)15)5-9(8)11/h3-6H,1-2H3. The van der Waals surface area contributed by atoms with Crippen molar-refractivity contribution in [2.45, 2.75) is 20.0 Å². The smallest absolute Gasteiger partial charge is 0.341 e. The molecule has 0 aliphatic heterocycles. The molecule has 5 nitrogen and oxygen atoms in total. The molecular formula is C10H10FNO4. The minimum absolute atomic E-state index is 0.306.